The number of halogens is 3. The third-order valence-electron chi connectivity index (χ3n) is 2.18. The van der Waals surface area contributed by atoms with Gasteiger partial charge in [0.2, 0.25) is 0 Å². The van der Waals surface area contributed by atoms with E-state index in [4.69, 9.17) is 5.11 Å². The van der Waals surface area contributed by atoms with Crippen LogP contribution < -0.4 is 10.6 Å². The number of aliphatic hydroxyl groups excluding tert-OH is 1. The van der Waals surface area contributed by atoms with E-state index in [1.807, 2.05) is 0 Å². The molecule has 4 nitrogen and oxygen atoms in total. The molecule has 1 unspecified atom stereocenters. The quantitative estimate of drug-likeness (QED) is 0.763. The van der Waals surface area contributed by atoms with E-state index in [1.165, 1.54) is 0 Å². The van der Waals surface area contributed by atoms with Crippen molar-refractivity contribution in [2.45, 2.75) is 26.1 Å². The Kier molecular flexibility index (Phi) is 4.77. The Bertz CT molecular complexity index is 396. The van der Waals surface area contributed by atoms with E-state index < -0.39 is 11.7 Å². The minimum atomic E-state index is -4.42. The zero-order valence-corrected chi connectivity index (χ0v) is 10.2. The second-order valence-corrected chi connectivity index (χ2v) is 3.88. The first-order valence-corrected chi connectivity index (χ1v) is 5.57. The minimum absolute atomic E-state index is 0.0855. The molecule has 7 heteroatoms. The highest BCUT2D eigenvalue weighted by Crippen LogP contribution is 2.32. The Hall–Kier alpha value is -1.50. The fourth-order valence-electron chi connectivity index (χ4n) is 1.34. The maximum Gasteiger partial charge on any atom is 0.416 e. The number of pyridine rings is 1. The third kappa shape index (κ3) is 4.06. The first kappa shape index (κ1) is 14.6. The van der Waals surface area contributed by atoms with Crippen LogP contribution in [0.25, 0.3) is 0 Å². The first-order chi connectivity index (χ1) is 8.36. The minimum Gasteiger partial charge on any atom is -0.394 e. The van der Waals surface area contributed by atoms with E-state index in [1.54, 1.807) is 13.8 Å². The molecule has 0 aliphatic rings. The van der Waals surface area contributed by atoms with Crippen molar-refractivity contribution in [3.05, 3.63) is 17.7 Å². The van der Waals surface area contributed by atoms with Gasteiger partial charge in [-0.3, -0.25) is 0 Å². The number of nitrogens with one attached hydrogen (secondary N) is 2. The molecular weight excluding hydrogens is 247 g/mol. The van der Waals surface area contributed by atoms with Crippen molar-refractivity contribution in [1.82, 2.24) is 4.98 Å². The Labute approximate surface area is 103 Å². The molecule has 0 aliphatic heterocycles. The lowest BCUT2D eigenvalue weighted by molar-refractivity contribution is -0.137. The predicted octanol–water partition coefficient (Wildman–Crippen LogP) is 2.32. The Morgan fingerprint density at radius 1 is 1.33 bits per heavy atom. The lowest BCUT2D eigenvalue weighted by Gasteiger charge is -2.15. The normalized spacial score (nSPS) is 13.2. The van der Waals surface area contributed by atoms with E-state index in [0.717, 1.165) is 12.1 Å². The molecule has 0 saturated heterocycles. The van der Waals surface area contributed by atoms with E-state index in [2.05, 4.69) is 15.6 Å². The number of alkyl halides is 3. The number of rotatable bonds is 5. The average molecular weight is 263 g/mol. The molecule has 0 radical (unpaired) electrons. The van der Waals surface area contributed by atoms with Crippen LogP contribution in [0, 0.1) is 0 Å². The van der Waals surface area contributed by atoms with Crippen LogP contribution >= 0.6 is 0 Å². The summed E-state index contributed by atoms with van der Waals surface area (Å²) < 4.78 is 38.0. The first-order valence-electron chi connectivity index (χ1n) is 5.57. The number of hydrogen-bond donors (Lipinski definition) is 3. The maximum atomic E-state index is 12.7. The Balaban J connectivity index is 3.06. The van der Waals surface area contributed by atoms with Gasteiger partial charge < -0.3 is 15.7 Å². The number of nitrogens with zero attached hydrogens (tertiary/aromatic N) is 1. The monoisotopic (exact) mass is 263 g/mol. The summed E-state index contributed by atoms with van der Waals surface area (Å²) in [6.45, 7) is 3.71. The van der Waals surface area contributed by atoms with E-state index >= 15 is 0 Å². The summed E-state index contributed by atoms with van der Waals surface area (Å²) >= 11 is 0. The SMILES string of the molecule is CCNc1cc(C(F)(F)F)cc(NC(C)CO)n1. The van der Waals surface area contributed by atoms with Crippen LogP contribution in [0.3, 0.4) is 0 Å². The van der Waals surface area contributed by atoms with Crippen molar-refractivity contribution >= 4 is 11.6 Å². The summed E-state index contributed by atoms with van der Waals surface area (Å²) in [5.74, 6) is 0.238. The highest BCUT2D eigenvalue weighted by Gasteiger charge is 2.31. The van der Waals surface area contributed by atoms with E-state index in [9.17, 15) is 13.2 Å². The van der Waals surface area contributed by atoms with Crippen LogP contribution in [0.15, 0.2) is 12.1 Å². The van der Waals surface area contributed by atoms with E-state index in [0.29, 0.717) is 6.54 Å². The van der Waals surface area contributed by atoms with Crippen LogP contribution in [-0.2, 0) is 6.18 Å². The number of hydrogen-bond acceptors (Lipinski definition) is 4. The Morgan fingerprint density at radius 3 is 2.44 bits per heavy atom. The Morgan fingerprint density at radius 2 is 1.94 bits per heavy atom. The van der Waals surface area contributed by atoms with Crippen molar-refractivity contribution in [2.24, 2.45) is 0 Å². The lowest BCUT2D eigenvalue weighted by atomic mass is 10.2. The van der Waals surface area contributed by atoms with Gasteiger partial charge in [0, 0.05) is 12.6 Å². The summed E-state index contributed by atoms with van der Waals surface area (Å²) in [7, 11) is 0. The van der Waals surface area contributed by atoms with Gasteiger partial charge in [-0.2, -0.15) is 13.2 Å². The van der Waals surface area contributed by atoms with Crippen LogP contribution in [0.5, 0.6) is 0 Å². The third-order valence-corrected chi connectivity index (χ3v) is 2.18. The zero-order chi connectivity index (χ0) is 13.8. The molecule has 102 valence electrons. The molecule has 18 heavy (non-hydrogen) atoms. The van der Waals surface area contributed by atoms with Crippen molar-refractivity contribution < 1.29 is 18.3 Å². The molecule has 0 aliphatic carbocycles. The van der Waals surface area contributed by atoms with Gasteiger partial charge in [-0.1, -0.05) is 0 Å². The summed E-state index contributed by atoms with van der Waals surface area (Å²) in [6.07, 6.45) is -4.42. The molecule has 1 heterocycles. The van der Waals surface area contributed by atoms with Crippen molar-refractivity contribution in [1.29, 1.82) is 0 Å². The fraction of sp³-hybridized carbons (Fsp3) is 0.545. The topological polar surface area (TPSA) is 57.2 Å². The largest absolute Gasteiger partial charge is 0.416 e. The van der Waals surface area contributed by atoms with Gasteiger partial charge in [-0.05, 0) is 26.0 Å². The highest BCUT2D eigenvalue weighted by atomic mass is 19.4. The molecule has 3 N–H and O–H groups in total. The molecule has 0 amide bonds. The average Bonchev–Trinajstić information content (AvgIpc) is 2.27. The second-order valence-electron chi connectivity index (χ2n) is 3.88. The molecule has 1 atom stereocenters. The number of aliphatic hydroxyl groups is 1. The van der Waals surface area contributed by atoms with Gasteiger partial charge in [0.1, 0.15) is 11.6 Å². The van der Waals surface area contributed by atoms with E-state index in [-0.39, 0.29) is 24.3 Å². The smallest absolute Gasteiger partial charge is 0.394 e. The van der Waals surface area contributed by atoms with Crippen molar-refractivity contribution in [3.8, 4) is 0 Å². The summed E-state index contributed by atoms with van der Waals surface area (Å²) in [4.78, 5) is 3.99. The predicted molar refractivity (Wildman–Crippen MR) is 63.6 cm³/mol. The molecule has 0 spiro atoms. The van der Waals surface area contributed by atoms with Crippen LogP contribution in [0.4, 0.5) is 24.8 Å². The maximum absolute atomic E-state index is 12.7. The second kappa shape index (κ2) is 5.90. The highest BCUT2D eigenvalue weighted by molar-refractivity contribution is 5.50. The van der Waals surface area contributed by atoms with Crippen LogP contribution in [-0.4, -0.2) is 29.3 Å². The fourth-order valence-corrected chi connectivity index (χ4v) is 1.34. The van der Waals surface area contributed by atoms with Gasteiger partial charge in [0.05, 0.1) is 12.2 Å². The molecule has 0 saturated carbocycles. The molecule has 0 aromatic carbocycles. The standard InChI is InChI=1S/C11H16F3N3O/c1-3-15-9-4-8(11(12,13)14)5-10(17-9)16-7(2)6-18/h4-5,7,18H,3,6H2,1-2H3,(H2,15,16,17). The molecular formula is C11H16F3N3O. The van der Waals surface area contributed by atoms with Gasteiger partial charge in [-0.15, -0.1) is 0 Å². The number of anilines is 2. The molecule has 1 aromatic heterocycles. The van der Waals surface area contributed by atoms with Gasteiger partial charge >= 0.3 is 6.18 Å². The van der Waals surface area contributed by atoms with Crippen molar-refractivity contribution in [2.75, 3.05) is 23.8 Å². The molecule has 0 bridgehead atoms. The zero-order valence-electron chi connectivity index (χ0n) is 10.2. The summed E-state index contributed by atoms with van der Waals surface area (Å²) in [6, 6.07) is 1.51. The molecule has 1 rings (SSSR count). The summed E-state index contributed by atoms with van der Waals surface area (Å²) in [5.41, 5.74) is -0.777. The van der Waals surface area contributed by atoms with Crippen LogP contribution in [0.1, 0.15) is 19.4 Å². The molecule has 0 fully saturated rings. The summed E-state index contributed by atoms with van der Waals surface area (Å²) in [5, 5.41) is 14.3. The lowest BCUT2D eigenvalue weighted by Crippen LogP contribution is -2.21. The van der Waals surface area contributed by atoms with Gasteiger partial charge in [-0.25, -0.2) is 4.98 Å². The number of aromatic nitrogens is 1. The molecule has 1 aromatic rings. The van der Waals surface area contributed by atoms with Crippen molar-refractivity contribution in [3.63, 3.8) is 0 Å². The van der Waals surface area contributed by atoms with Gasteiger partial charge in [0.15, 0.2) is 0 Å². The van der Waals surface area contributed by atoms with Crippen LogP contribution in [0.2, 0.25) is 0 Å². The van der Waals surface area contributed by atoms with Gasteiger partial charge in [0.25, 0.3) is 0 Å².